The molecule has 1 aromatic carbocycles. The number of thiophene rings is 1. The third-order valence-electron chi connectivity index (χ3n) is 4.57. The van der Waals surface area contributed by atoms with Gasteiger partial charge in [0.25, 0.3) is 5.91 Å². The predicted octanol–water partition coefficient (Wildman–Crippen LogP) is 3.92. The van der Waals surface area contributed by atoms with Gasteiger partial charge in [-0.05, 0) is 61.5 Å². The van der Waals surface area contributed by atoms with Crippen LogP contribution in [0.4, 0.5) is 0 Å². The van der Waals surface area contributed by atoms with Gasteiger partial charge in [-0.3, -0.25) is 14.5 Å². The smallest absolute Gasteiger partial charge is 0.260 e. The highest BCUT2D eigenvalue weighted by atomic mass is 32.1. The van der Waals surface area contributed by atoms with Crippen LogP contribution in [0.3, 0.4) is 0 Å². The Bertz CT molecular complexity index is 742. The van der Waals surface area contributed by atoms with Gasteiger partial charge in [0.15, 0.2) is 11.9 Å². The van der Waals surface area contributed by atoms with Crippen molar-refractivity contribution >= 4 is 23.0 Å². The molecule has 2 rings (SSSR count). The average Bonchev–Trinajstić information content (AvgIpc) is 3.19. The largest absolute Gasteiger partial charge is 0.481 e. The van der Waals surface area contributed by atoms with Gasteiger partial charge in [-0.2, -0.15) is 11.3 Å². The lowest BCUT2D eigenvalue weighted by Crippen LogP contribution is -2.42. The fraction of sp³-hybridized carbons (Fsp3) is 0.429. The second-order valence-corrected chi connectivity index (χ2v) is 7.16. The number of carbonyl (C=O) groups is 2. The lowest BCUT2D eigenvalue weighted by Gasteiger charge is -2.30. The second kappa shape index (κ2) is 10.2. The molecule has 2 atom stereocenters. The lowest BCUT2D eigenvalue weighted by atomic mass is 10.1. The maximum Gasteiger partial charge on any atom is 0.260 e. The Morgan fingerprint density at radius 1 is 1.22 bits per heavy atom. The van der Waals surface area contributed by atoms with Crippen LogP contribution < -0.4 is 10.1 Å². The summed E-state index contributed by atoms with van der Waals surface area (Å²) in [6, 6.07) is 9.14. The zero-order valence-electron chi connectivity index (χ0n) is 16.4. The number of hydrogen-bond donors (Lipinski definition) is 1. The molecule has 0 spiro atoms. The van der Waals surface area contributed by atoms with E-state index in [0.717, 1.165) is 13.1 Å². The van der Waals surface area contributed by atoms with Crippen LogP contribution in [0.25, 0.3) is 0 Å². The van der Waals surface area contributed by atoms with Crippen molar-refractivity contribution in [2.45, 2.75) is 39.8 Å². The number of hydrogen-bond acceptors (Lipinski definition) is 5. The number of ketones is 1. The summed E-state index contributed by atoms with van der Waals surface area (Å²) < 4.78 is 5.73. The number of nitrogens with one attached hydrogen (secondary N) is 1. The molecule has 0 aliphatic heterocycles. The second-order valence-electron chi connectivity index (χ2n) is 6.38. The molecule has 2 aromatic rings. The number of likely N-dealkylation sites (N-methyl/N-ethyl adjacent to an activating group) is 1. The van der Waals surface area contributed by atoms with E-state index < -0.39 is 6.10 Å². The van der Waals surface area contributed by atoms with Crippen LogP contribution >= 0.6 is 11.3 Å². The zero-order chi connectivity index (χ0) is 19.8. The fourth-order valence-corrected chi connectivity index (χ4v) is 3.68. The molecule has 0 bridgehead atoms. The maximum atomic E-state index is 12.5. The lowest BCUT2D eigenvalue weighted by molar-refractivity contribution is -0.127. The van der Waals surface area contributed by atoms with Gasteiger partial charge in [0.05, 0.1) is 6.04 Å². The highest BCUT2D eigenvalue weighted by molar-refractivity contribution is 7.07. The van der Waals surface area contributed by atoms with E-state index in [1.807, 2.05) is 0 Å². The van der Waals surface area contributed by atoms with Crippen LogP contribution in [0.2, 0.25) is 0 Å². The third kappa shape index (κ3) is 5.91. The minimum Gasteiger partial charge on any atom is -0.481 e. The standard InChI is InChI=1S/C21H28N2O3S/c1-5-23(6-2)20(18-10-11-27-14-18)13-22-21(25)16(4)26-19-9-7-8-17(12-19)15(3)24/h7-12,14,16,20H,5-6,13H2,1-4H3,(H,22,25). The molecule has 1 N–H and O–H groups in total. The van der Waals surface area contributed by atoms with E-state index in [-0.39, 0.29) is 17.7 Å². The summed E-state index contributed by atoms with van der Waals surface area (Å²) >= 11 is 1.66. The molecule has 2 unspecified atom stereocenters. The summed E-state index contributed by atoms with van der Waals surface area (Å²) in [6.07, 6.45) is -0.646. The van der Waals surface area contributed by atoms with Gasteiger partial charge in [0.2, 0.25) is 0 Å². The Hall–Kier alpha value is -2.18. The molecule has 0 aliphatic rings. The van der Waals surface area contributed by atoms with E-state index in [1.165, 1.54) is 12.5 Å². The van der Waals surface area contributed by atoms with Crippen molar-refractivity contribution in [1.29, 1.82) is 0 Å². The molecular formula is C21H28N2O3S. The minimum atomic E-state index is -0.646. The number of amides is 1. The number of Topliss-reactive ketones (excluding diaryl/α,β-unsaturated/α-hetero) is 1. The molecule has 1 aromatic heterocycles. The van der Waals surface area contributed by atoms with Crippen LogP contribution in [0, 0.1) is 0 Å². The van der Waals surface area contributed by atoms with Crippen molar-refractivity contribution in [3.05, 3.63) is 52.2 Å². The number of rotatable bonds is 10. The van der Waals surface area contributed by atoms with Crippen molar-refractivity contribution in [1.82, 2.24) is 10.2 Å². The van der Waals surface area contributed by atoms with Crippen molar-refractivity contribution in [2.24, 2.45) is 0 Å². The first-order valence-corrected chi connectivity index (χ1v) is 10.2. The summed E-state index contributed by atoms with van der Waals surface area (Å²) in [5.74, 6) is 0.314. The van der Waals surface area contributed by atoms with E-state index in [1.54, 1.807) is 42.5 Å². The van der Waals surface area contributed by atoms with Gasteiger partial charge in [-0.15, -0.1) is 0 Å². The summed E-state index contributed by atoms with van der Waals surface area (Å²) in [4.78, 5) is 26.3. The van der Waals surface area contributed by atoms with Gasteiger partial charge in [0, 0.05) is 12.1 Å². The van der Waals surface area contributed by atoms with Crippen LogP contribution in [-0.2, 0) is 4.79 Å². The van der Waals surface area contributed by atoms with E-state index >= 15 is 0 Å². The molecule has 146 valence electrons. The molecule has 1 heterocycles. The molecule has 27 heavy (non-hydrogen) atoms. The van der Waals surface area contributed by atoms with Crippen molar-refractivity contribution < 1.29 is 14.3 Å². The van der Waals surface area contributed by atoms with Gasteiger partial charge in [-0.25, -0.2) is 0 Å². The summed E-state index contributed by atoms with van der Waals surface area (Å²) in [6.45, 7) is 9.82. The molecule has 0 saturated heterocycles. The SMILES string of the molecule is CCN(CC)C(CNC(=O)C(C)Oc1cccc(C(C)=O)c1)c1ccsc1. The number of carbonyl (C=O) groups excluding carboxylic acids is 2. The molecule has 0 fully saturated rings. The first-order valence-electron chi connectivity index (χ1n) is 9.27. The van der Waals surface area contributed by atoms with E-state index in [2.05, 4.69) is 40.9 Å². The minimum absolute atomic E-state index is 0.0321. The van der Waals surface area contributed by atoms with Crippen molar-refractivity contribution in [3.63, 3.8) is 0 Å². The highest BCUT2D eigenvalue weighted by Gasteiger charge is 2.21. The van der Waals surface area contributed by atoms with Gasteiger partial charge in [-0.1, -0.05) is 26.0 Å². The summed E-state index contributed by atoms with van der Waals surface area (Å²) in [5.41, 5.74) is 1.78. The Kier molecular flexibility index (Phi) is 8.00. The zero-order valence-corrected chi connectivity index (χ0v) is 17.2. The molecule has 0 saturated carbocycles. The van der Waals surface area contributed by atoms with Crippen LogP contribution in [-0.4, -0.2) is 42.3 Å². The number of ether oxygens (including phenoxy) is 1. The van der Waals surface area contributed by atoms with Gasteiger partial charge < -0.3 is 10.1 Å². The van der Waals surface area contributed by atoms with Crippen LogP contribution in [0.15, 0.2) is 41.1 Å². The van der Waals surface area contributed by atoms with Gasteiger partial charge in [0.1, 0.15) is 5.75 Å². The Morgan fingerprint density at radius 3 is 2.56 bits per heavy atom. The van der Waals surface area contributed by atoms with Crippen molar-refractivity contribution in [3.8, 4) is 5.75 Å². The molecule has 6 heteroatoms. The fourth-order valence-electron chi connectivity index (χ4n) is 2.97. The summed E-state index contributed by atoms with van der Waals surface area (Å²) in [7, 11) is 0. The number of nitrogens with zero attached hydrogens (tertiary/aromatic N) is 1. The summed E-state index contributed by atoms with van der Waals surface area (Å²) in [5, 5.41) is 7.19. The van der Waals surface area contributed by atoms with Crippen LogP contribution in [0.1, 0.15) is 49.7 Å². The van der Waals surface area contributed by atoms with E-state index in [4.69, 9.17) is 4.74 Å². The average molecular weight is 389 g/mol. The molecule has 0 radical (unpaired) electrons. The quantitative estimate of drug-likeness (QED) is 0.627. The van der Waals surface area contributed by atoms with Crippen molar-refractivity contribution in [2.75, 3.05) is 19.6 Å². The highest BCUT2D eigenvalue weighted by Crippen LogP contribution is 2.22. The first kappa shape index (κ1) is 21.1. The maximum absolute atomic E-state index is 12.5. The van der Waals surface area contributed by atoms with E-state index in [9.17, 15) is 9.59 Å². The molecule has 1 amide bonds. The molecule has 0 aliphatic carbocycles. The van der Waals surface area contributed by atoms with Gasteiger partial charge >= 0.3 is 0 Å². The Labute approximate surface area is 165 Å². The number of benzene rings is 1. The van der Waals surface area contributed by atoms with Crippen LogP contribution in [0.5, 0.6) is 5.75 Å². The van der Waals surface area contributed by atoms with E-state index in [0.29, 0.717) is 17.9 Å². The molecular weight excluding hydrogens is 360 g/mol. The molecule has 5 nitrogen and oxygen atoms in total. The monoisotopic (exact) mass is 388 g/mol. The topological polar surface area (TPSA) is 58.6 Å². The first-order chi connectivity index (χ1) is 13.0. The third-order valence-corrected chi connectivity index (χ3v) is 5.27. The Morgan fingerprint density at radius 2 is 1.96 bits per heavy atom. The predicted molar refractivity (Wildman–Crippen MR) is 110 cm³/mol. The normalized spacial score (nSPS) is 13.2. The Balaban J connectivity index is 1.98.